The van der Waals surface area contributed by atoms with Gasteiger partial charge in [0, 0.05) is 6.42 Å². The van der Waals surface area contributed by atoms with Crippen molar-refractivity contribution in [1.29, 1.82) is 0 Å². The van der Waals surface area contributed by atoms with Gasteiger partial charge < -0.3 is 37.2 Å². The van der Waals surface area contributed by atoms with Crippen LogP contribution in [0, 0.1) is 5.92 Å². The first-order chi connectivity index (χ1) is 20.4. The predicted molar refractivity (Wildman–Crippen MR) is 165 cm³/mol. The highest BCUT2D eigenvalue weighted by atomic mass is 16.4. The van der Waals surface area contributed by atoms with Crippen LogP contribution in [0.3, 0.4) is 0 Å². The van der Waals surface area contributed by atoms with Gasteiger partial charge in [-0.2, -0.15) is 0 Å². The van der Waals surface area contributed by atoms with Crippen LogP contribution in [0.1, 0.15) is 59.1 Å². The number of phenolic OH excluding ortho intramolecular Hbond substituents is 1. The fraction of sp³-hybridized carbons (Fsp3) is 0.469. The molecule has 0 bridgehead atoms. The summed E-state index contributed by atoms with van der Waals surface area (Å²) >= 11 is 0. The first kappa shape index (κ1) is 35.7. The van der Waals surface area contributed by atoms with Gasteiger partial charge in [0.15, 0.2) is 0 Å². The van der Waals surface area contributed by atoms with Crippen LogP contribution in [-0.2, 0) is 36.8 Å². The van der Waals surface area contributed by atoms with Gasteiger partial charge in [0.05, 0.1) is 6.04 Å². The molecule has 2 aromatic rings. The first-order valence-corrected chi connectivity index (χ1v) is 14.5. The van der Waals surface area contributed by atoms with Crippen LogP contribution >= 0.6 is 0 Å². The van der Waals surface area contributed by atoms with Crippen molar-refractivity contribution in [2.24, 2.45) is 11.7 Å². The van der Waals surface area contributed by atoms with Gasteiger partial charge in [-0.05, 0) is 69.7 Å². The minimum absolute atomic E-state index is 0.00100. The van der Waals surface area contributed by atoms with Gasteiger partial charge in [0.25, 0.3) is 0 Å². The molecule has 12 heteroatoms. The molecular weight excluding hydrogens is 566 g/mol. The number of carbonyl (C=O) groups is 5. The molecule has 0 unspecified atom stereocenters. The summed E-state index contributed by atoms with van der Waals surface area (Å²) in [5, 5.41) is 29.5. The number of benzene rings is 2. The van der Waals surface area contributed by atoms with Crippen molar-refractivity contribution >= 4 is 29.6 Å². The number of aromatic hydroxyl groups is 1. The maximum Gasteiger partial charge on any atom is 0.326 e. The Balaban J connectivity index is 2.13. The molecule has 4 amide bonds. The van der Waals surface area contributed by atoms with Crippen molar-refractivity contribution < 1.29 is 34.2 Å². The van der Waals surface area contributed by atoms with Crippen LogP contribution in [0.5, 0.6) is 5.75 Å². The van der Waals surface area contributed by atoms with Crippen LogP contribution in [0.2, 0.25) is 0 Å². The first-order valence-electron chi connectivity index (χ1n) is 14.5. The average molecular weight is 612 g/mol. The molecule has 2 aromatic carbocycles. The van der Waals surface area contributed by atoms with E-state index in [0.29, 0.717) is 0 Å². The Morgan fingerprint density at radius 2 is 1.27 bits per heavy atom. The van der Waals surface area contributed by atoms with Crippen LogP contribution in [0.25, 0.3) is 0 Å². The van der Waals surface area contributed by atoms with Crippen LogP contribution in [0.4, 0.5) is 0 Å². The van der Waals surface area contributed by atoms with Crippen molar-refractivity contribution in [3.05, 3.63) is 65.7 Å². The zero-order valence-electron chi connectivity index (χ0n) is 26.1. The lowest BCUT2D eigenvalue weighted by Gasteiger charge is -2.33. The van der Waals surface area contributed by atoms with Gasteiger partial charge in [-0.15, -0.1) is 0 Å². The van der Waals surface area contributed by atoms with Gasteiger partial charge in [-0.1, -0.05) is 56.3 Å². The van der Waals surface area contributed by atoms with Crippen molar-refractivity contribution in [2.45, 2.75) is 90.0 Å². The highest BCUT2D eigenvalue weighted by molar-refractivity contribution is 5.98. The smallest absolute Gasteiger partial charge is 0.326 e. The largest absolute Gasteiger partial charge is 0.508 e. The van der Waals surface area contributed by atoms with Gasteiger partial charge in [0.2, 0.25) is 23.6 Å². The van der Waals surface area contributed by atoms with Crippen LogP contribution in [-0.4, -0.2) is 69.0 Å². The molecule has 0 heterocycles. The van der Waals surface area contributed by atoms with Crippen molar-refractivity contribution in [2.75, 3.05) is 0 Å². The lowest BCUT2D eigenvalue weighted by Crippen LogP contribution is -2.65. The van der Waals surface area contributed by atoms with E-state index >= 15 is 0 Å². The SMILES string of the molecule is CC(C)C[C@H](NC(=O)[C@H](Cc1ccccc1)NC(=O)C(C)(C)NC(=O)C(C)(C)NC(=O)[C@@H](N)Cc1ccc(O)cc1)C(=O)O. The lowest BCUT2D eigenvalue weighted by atomic mass is 9.96. The lowest BCUT2D eigenvalue weighted by molar-refractivity contribution is -0.143. The highest BCUT2D eigenvalue weighted by Gasteiger charge is 2.39. The second-order valence-electron chi connectivity index (χ2n) is 12.4. The maximum absolute atomic E-state index is 13.4. The van der Waals surface area contributed by atoms with Crippen molar-refractivity contribution in [3.63, 3.8) is 0 Å². The minimum Gasteiger partial charge on any atom is -0.508 e. The molecule has 0 aliphatic rings. The van der Waals surface area contributed by atoms with Gasteiger partial charge >= 0.3 is 5.97 Å². The van der Waals surface area contributed by atoms with Gasteiger partial charge in [-0.25, -0.2) is 4.79 Å². The second-order valence-corrected chi connectivity index (χ2v) is 12.4. The van der Waals surface area contributed by atoms with E-state index in [9.17, 15) is 34.2 Å². The summed E-state index contributed by atoms with van der Waals surface area (Å²) in [7, 11) is 0. The molecule has 8 N–H and O–H groups in total. The number of hydrogen-bond donors (Lipinski definition) is 7. The Bertz CT molecular complexity index is 1310. The number of phenols is 1. The van der Waals surface area contributed by atoms with Crippen LogP contribution < -0.4 is 27.0 Å². The molecule has 0 saturated heterocycles. The molecule has 0 saturated carbocycles. The monoisotopic (exact) mass is 611 g/mol. The Hall–Kier alpha value is -4.45. The fourth-order valence-corrected chi connectivity index (χ4v) is 4.30. The third kappa shape index (κ3) is 11.0. The molecule has 0 aromatic heterocycles. The van der Waals surface area contributed by atoms with Crippen molar-refractivity contribution in [3.8, 4) is 5.75 Å². The summed E-state index contributed by atoms with van der Waals surface area (Å²) in [6, 6.07) is 11.9. The maximum atomic E-state index is 13.4. The molecule has 0 aliphatic heterocycles. The summed E-state index contributed by atoms with van der Waals surface area (Å²) < 4.78 is 0. The topological polar surface area (TPSA) is 200 Å². The fourth-order valence-electron chi connectivity index (χ4n) is 4.30. The number of rotatable bonds is 15. The van der Waals surface area contributed by atoms with Crippen LogP contribution in [0.15, 0.2) is 54.6 Å². The Labute approximate surface area is 258 Å². The summed E-state index contributed by atoms with van der Waals surface area (Å²) in [4.78, 5) is 64.5. The highest BCUT2D eigenvalue weighted by Crippen LogP contribution is 2.14. The zero-order valence-corrected chi connectivity index (χ0v) is 26.1. The molecule has 12 nitrogen and oxygen atoms in total. The van der Waals surface area contributed by atoms with E-state index in [-0.39, 0.29) is 30.9 Å². The Morgan fingerprint density at radius 1 is 0.727 bits per heavy atom. The summed E-state index contributed by atoms with van der Waals surface area (Å²) in [6.45, 7) is 9.51. The molecule has 0 radical (unpaired) electrons. The molecule has 0 fully saturated rings. The molecule has 3 atom stereocenters. The summed E-state index contributed by atoms with van der Waals surface area (Å²) in [5.41, 5.74) is 4.51. The normalized spacial score (nSPS) is 13.7. The molecule has 240 valence electrons. The zero-order chi connectivity index (χ0) is 33.2. The van der Waals surface area contributed by atoms with E-state index in [1.54, 1.807) is 42.5 Å². The number of amides is 4. The Kier molecular flexibility index (Phi) is 12.5. The number of carbonyl (C=O) groups excluding carboxylic acids is 4. The average Bonchev–Trinajstić information content (AvgIpc) is 2.93. The summed E-state index contributed by atoms with van der Waals surface area (Å²) in [5.74, 6) is -3.73. The second kappa shape index (κ2) is 15.3. The van der Waals surface area contributed by atoms with Gasteiger partial charge in [0.1, 0.15) is 28.9 Å². The van der Waals surface area contributed by atoms with E-state index in [0.717, 1.165) is 11.1 Å². The van der Waals surface area contributed by atoms with Crippen molar-refractivity contribution in [1.82, 2.24) is 21.3 Å². The standard InChI is InChI=1S/C32H45N5O7/c1-19(2)16-25(28(41)42)34-27(40)24(18-20-10-8-7-9-11-20)35-29(43)31(3,4)37-30(44)32(5,6)36-26(39)23(33)17-21-12-14-22(38)15-13-21/h7-15,19,23-25,38H,16-18,33H2,1-6H3,(H,34,40)(H,35,43)(H,36,39)(H,37,44)(H,41,42)/t23-,24-,25-/m0/s1. The number of carboxylic acid groups (broad SMARTS) is 1. The summed E-state index contributed by atoms with van der Waals surface area (Å²) in [6.07, 6.45) is 0.452. The van der Waals surface area contributed by atoms with Gasteiger partial charge in [-0.3, -0.25) is 19.2 Å². The minimum atomic E-state index is -1.54. The third-order valence-electron chi connectivity index (χ3n) is 6.95. The number of nitrogens with two attached hydrogens (primary N) is 1. The molecule has 0 spiro atoms. The van der Waals surface area contributed by atoms with E-state index in [4.69, 9.17) is 5.73 Å². The Morgan fingerprint density at radius 3 is 1.82 bits per heavy atom. The van der Waals surface area contributed by atoms with E-state index in [2.05, 4.69) is 21.3 Å². The number of aliphatic carboxylic acids is 1. The molecular formula is C32H45N5O7. The third-order valence-corrected chi connectivity index (χ3v) is 6.95. The van der Waals surface area contributed by atoms with E-state index < -0.39 is 58.8 Å². The number of carboxylic acids is 1. The van der Waals surface area contributed by atoms with E-state index in [1.165, 1.54) is 39.8 Å². The number of nitrogens with one attached hydrogen (secondary N) is 4. The quantitative estimate of drug-likeness (QED) is 0.157. The number of hydrogen-bond acceptors (Lipinski definition) is 7. The molecule has 2 rings (SSSR count). The van der Waals surface area contributed by atoms with E-state index in [1.807, 2.05) is 13.8 Å². The predicted octanol–water partition coefficient (Wildman–Crippen LogP) is 1.39. The molecule has 44 heavy (non-hydrogen) atoms. The molecule has 0 aliphatic carbocycles.